The number of carbonyl (C=O) groups is 1. The molecule has 0 aromatic carbocycles. The maximum absolute atomic E-state index is 12.5. The molecule has 0 aliphatic heterocycles. The zero-order chi connectivity index (χ0) is 11.9. The monoisotopic (exact) mass is 245 g/mol. The van der Waals surface area contributed by atoms with E-state index in [1.54, 1.807) is 0 Å². The number of aromatic nitrogens is 1. The molecule has 0 N–H and O–H groups in total. The quantitative estimate of drug-likeness (QED) is 0.592. The standard InChI is InChI=1S/C7H4F5NOS/c1-3-2-15-5(13-3)4(14)6(8,9)7(10,11)12/h2H,1H3. The van der Waals surface area contributed by atoms with Gasteiger partial charge in [0.05, 0.1) is 0 Å². The van der Waals surface area contributed by atoms with Gasteiger partial charge in [-0.25, -0.2) is 4.98 Å². The summed E-state index contributed by atoms with van der Waals surface area (Å²) in [4.78, 5) is 14.1. The van der Waals surface area contributed by atoms with E-state index in [9.17, 15) is 26.7 Å². The van der Waals surface area contributed by atoms with Gasteiger partial charge < -0.3 is 0 Å². The van der Waals surface area contributed by atoms with Crippen LogP contribution in [0.2, 0.25) is 0 Å². The lowest BCUT2D eigenvalue weighted by molar-refractivity contribution is -0.255. The molecule has 0 spiro atoms. The summed E-state index contributed by atoms with van der Waals surface area (Å²) in [5.41, 5.74) is 0.223. The molecule has 0 saturated heterocycles. The lowest BCUT2D eigenvalue weighted by Crippen LogP contribution is -2.44. The Hall–Kier alpha value is -1.05. The Kier molecular flexibility index (Phi) is 2.81. The fourth-order valence-corrected chi connectivity index (χ4v) is 1.49. The van der Waals surface area contributed by atoms with E-state index in [0.29, 0.717) is 11.3 Å². The maximum atomic E-state index is 12.5. The van der Waals surface area contributed by atoms with E-state index in [-0.39, 0.29) is 5.69 Å². The van der Waals surface area contributed by atoms with Gasteiger partial charge >= 0.3 is 12.1 Å². The summed E-state index contributed by atoms with van der Waals surface area (Å²) < 4.78 is 60.4. The Morgan fingerprint density at radius 3 is 2.20 bits per heavy atom. The molecule has 1 heterocycles. The highest BCUT2D eigenvalue weighted by Crippen LogP contribution is 2.38. The van der Waals surface area contributed by atoms with Crippen LogP contribution in [-0.4, -0.2) is 22.9 Å². The number of alkyl halides is 5. The van der Waals surface area contributed by atoms with Crippen molar-refractivity contribution in [2.75, 3.05) is 0 Å². The summed E-state index contributed by atoms with van der Waals surface area (Å²) in [6, 6.07) is 0. The molecule has 0 fully saturated rings. The number of carbonyl (C=O) groups excluding carboxylic acids is 1. The fraction of sp³-hybridized carbons (Fsp3) is 0.429. The Bertz CT molecular complexity index is 383. The van der Waals surface area contributed by atoms with Gasteiger partial charge in [0, 0.05) is 11.1 Å². The normalized spacial score (nSPS) is 12.9. The molecule has 84 valence electrons. The first-order valence-electron chi connectivity index (χ1n) is 3.57. The molecule has 0 unspecified atom stereocenters. The first kappa shape index (κ1) is 12.0. The number of hydrogen-bond acceptors (Lipinski definition) is 3. The minimum atomic E-state index is -5.89. The van der Waals surface area contributed by atoms with Gasteiger partial charge in [0.25, 0.3) is 5.78 Å². The molecule has 2 nitrogen and oxygen atoms in total. The van der Waals surface area contributed by atoms with Crippen molar-refractivity contribution in [3.05, 3.63) is 16.1 Å². The third kappa shape index (κ3) is 2.14. The zero-order valence-corrected chi connectivity index (χ0v) is 8.05. The van der Waals surface area contributed by atoms with E-state index in [4.69, 9.17) is 0 Å². The molecule has 0 aliphatic rings. The smallest absolute Gasteiger partial charge is 0.284 e. The van der Waals surface area contributed by atoms with E-state index in [0.717, 1.165) is 0 Å². The highest BCUT2D eigenvalue weighted by Gasteiger charge is 2.63. The number of hydrogen-bond donors (Lipinski definition) is 0. The Labute approximate surface area is 84.7 Å². The summed E-state index contributed by atoms with van der Waals surface area (Å²) in [6.07, 6.45) is -5.89. The summed E-state index contributed by atoms with van der Waals surface area (Å²) >= 11 is 0.460. The van der Waals surface area contributed by atoms with Gasteiger partial charge in [0.2, 0.25) is 0 Å². The third-order valence-corrected chi connectivity index (χ3v) is 2.41. The fourth-order valence-electron chi connectivity index (χ4n) is 0.721. The van der Waals surface area contributed by atoms with Gasteiger partial charge in [-0.05, 0) is 6.92 Å². The van der Waals surface area contributed by atoms with Crippen molar-refractivity contribution >= 4 is 17.1 Å². The summed E-state index contributed by atoms with van der Waals surface area (Å²) in [6.45, 7) is 1.39. The number of nitrogens with zero attached hydrogens (tertiary/aromatic N) is 1. The van der Waals surface area contributed by atoms with Crippen LogP contribution in [0, 0.1) is 6.92 Å². The minimum Gasteiger partial charge on any atom is -0.284 e. The molecule has 1 rings (SSSR count). The van der Waals surface area contributed by atoms with Crippen molar-refractivity contribution in [1.82, 2.24) is 4.98 Å². The van der Waals surface area contributed by atoms with E-state index < -0.39 is 22.9 Å². The summed E-state index contributed by atoms with van der Waals surface area (Å²) in [7, 11) is 0. The number of rotatable bonds is 2. The third-order valence-electron chi connectivity index (χ3n) is 1.45. The molecule has 0 saturated carbocycles. The molecular formula is C7H4F5NOS. The molecule has 1 aromatic heterocycles. The van der Waals surface area contributed by atoms with Crippen LogP contribution in [0.25, 0.3) is 0 Å². The number of halogens is 5. The molecule has 1 aromatic rings. The van der Waals surface area contributed by atoms with Crippen LogP contribution in [0.15, 0.2) is 5.38 Å². The molecule has 0 atom stereocenters. The average Bonchev–Trinajstić information content (AvgIpc) is 2.48. The van der Waals surface area contributed by atoms with E-state index in [1.165, 1.54) is 12.3 Å². The second kappa shape index (κ2) is 3.51. The number of aryl methyl sites for hydroxylation is 1. The predicted molar refractivity (Wildman–Crippen MR) is 42.2 cm³/mol. The molecule has 15 heavy (non-hydrogen) atoms. The van der Waals surface area contributed by atoms with Gasteiger partial charge in [-0.15, -0.1) is 11.3 Å². The molecule has 0 aliphatic carbocycles. The first-order chi connectivity index (χ1) is 6.66. The molecular weight excluding hydrogens is 241 g/mol. The Morgan fingerprint density at radius 1 is 1.33 bits per heavy atom. The van der Waals surface area contributed by atoms with Gasteiger partial charge in [0.15, 0.2) is 5.01 Å². The summed E-state index contributed by atoms with van der Waals surface area (Å²) in [5.74, 6) is -7.69. The SMILES string of the molecule is Cc1csc(C(=O)C(F)(F)C(F)(F)F)n1. The van der Waals surface area contributed by atoms with Gasteiger partial charge in [0.1, 0.15) is 0 Å². The van der Waals surface area contributed by atoms with Crippen LogP contribution in [0.3, 0.4) is 0 Å². The van der Waals surface area contributed by atoms with Crippen LogP contribution in [0.4, 0.5) is 22.0 Å². The largest absolute Gasteiger partial charge is 0.461 e. The second-order valence-corrected chi connectivity index (χ2v) is 3.55. The van der Waals surface area contributed by atoms with Crippen LogP contribution in [-0.2, 0) is 0 Å². The van der Waals surface area contributed by atoms with E-state index >= 15 is 0 Å². The van der Waals surface area contributed by atoms with Crippen molar-refractivity contribution in [3.8, 4) is 0 Å². The molecule has 0 bridgehead atoms. The topological polar surface area (TPSA) is 30.0 Å². The summed E-state index contributed by atoms with van der Waals surface area (Å²) in [5, 5.41) is 0.384. The Balaban J connectivity index is 3.05. The lowest BCUT2D eigenvalue weighted by atomic mass is 10.2. The molecule has 0 amide bonds. The number of thiazole rings is 1. The van der Waals surface area contributed by atoms with Gasteiger partial charge in [-0.3, -0.25) is 4.79 Å². The van der Waals surface area contributed by atoms with Crippen molar-refractivity contribution in [2.24, 2.45) is 0 Å². The predicted octanol–water partition coefficient (Wildman–Crippen LogP) is 2.83. The molecule has 8 heteroatoms. The number of Topliss-reactive ketones (excluding diaryl/α,β-unsaturated/α-hetero) is 1. The zero-order valence-electron chi connectivity index (χ0n) is 7.23. The van der Waals surface area contributed by atoms with Crippen LogP contribution in [0.5, 0.6) is 0 Å². The van der Waals surface area contributed by atoms with Crippen LogP contribution < -0.4 is 0 Å². The van der Waals surface area contributed by atoms with Crippen LogP contribution >= 0.6 is 11.3 Å². The van der Waals surface area contributed by atoms with Crippen molar-refractivity contribution in [1.29, 1.82) is 0 Å². The maximum Gasteiger partial charge on any atom is 0.461 e. The minimum absolute atomic E-state index is 0.223. The van der Waals surface area contributed by atoms with Crippen molar-refractivity contribution in [3.63, 3.8) is 0 Å². The first-order valence-corrected chi connectivity index (χ1v) is 4.45. The van der Waals surface area contributed by atoms with Crippen LogP contribution in [0.1, 0.15) is 15.5 Å². The average molecular weight is 245 g/mol. The number of ketones is 1. The Morgan fingerprint density at radius 2 is 1.87 bits per heavy atom. The van der Waals surface area contributed by atoms with E-state index in [2.05, 4.69) is 4.98 Å². The van der Waals surface area contributed by atoms with Gasteiger partial charge in [-0.1, -0.05) is 0 Å². The molecule has 0 radical (unpaired) electrons. The van der Waals surface area contributed by atoms with Crippen molar-refractivity contribution < 1.29 is 26.7 Å². The van der Waals surface area contributed by atoms with Gasteiger partial charge in [-0.2, -0.15) is 22.0 Å². The highest BCUT2D eigenvalue weighted by atomic mass is 32.1. The highest BCUT2D eigenvalue weighted by molar-refractivity contribution is 7.11. The van der Waals surface area contributed by atoms with E-state index in [1.807, 2.05) is 0 Å². The van der Waals surface area contributed by atoms with Crippen molar-refractivity contribution in [2.45, 2.75) is 19.0 Å². The second-order valence-electron chi connectivity index (χ2n) is 2.70. The lowest BCUT2D eigenvalue weighted by Gasteiger charge is -2.16.